The van der Waals surface area contributed by atoms with Crippen molar-refractivity contribution in [3.63, 3.8) is 0 Å². The van der Waals surface area contributed by atoms with Crippen molar-refractivity contribution in [2.45, 2.75) is 142 Å². The van der Waals surface area contributed by atoms with Crippen molar-refractivity contribution >= 4 is 0 Å². The molecule has 5 rings (SSSR count). The van der Waals surface area contributed by atoms with Crippen LogP contribution in [0.1, 0.15) is 154 Å². The van der Waals surface area contributed by atoms with Gasteiger partial charge in [-0.3, -0.25) is 0 Å². The molecule has 33 heavy (non-hydrogen) atoms. The molecule has 0 aromatic carbocycles. The summed E-state index contributed by atoms with van der Waals surface area (Å²) in [6.45, 7) is 7.30. The average molecular weight is 455 g/mol. The second kappa shape index (κ2) is 10.4. The van der Waals surface area contributed by atoms with E-state index in [0.29, 0.717) is 17.3 Å². The van der Waals surface area contributed by atoms with E-state index in [2.05, 4.69) is 31.0 Å². The van der Waals surface area contributed by atoms with E-state index >= 15 is 0 Å². The van der Waals surface area contributed by atoms with Crippen molar-refractivity contribution < 1.29 is 4.42 Å². The first-order valence-corrected chi connectivity index (χ1v) is 14.8. The van der Waals surface area contributed by atoms with E-state index in [0.717, 1.165) is 41.4 Å². The lowest BCUT2D eigenvalue weighted by atomic mass is 9.65. The fourth-order valence-electron chi connectivity index (χ4n) is 8.31. The van der Waals surface area contributed by atoms with Gasteiger partial charge in [-0.15, -0.1) is 10.2 Å². The number of aromatic nitrogens is 2. The van der Waals surface area contributed by atoms with E-state index in [1.807, 2.05) is 0 Å². The maximum atomic E-state index is 6.35. The summed E-state index contributed by atoms with van der Waals surface area (Å²) >= 11 is 0. The summed E-state index contributed by atoms with van der Waals surface area (Å²) in [5, 5.41) is 9.16. The largest absolute Gasteiger partial charge is 0.425 e. The Morgan fingerprint density at radius 1 is 0.515 bits per heavy atom. The molecule has 186 valence electrons. The van der Waals surface area contributed by atoms with E-state index in [9.17, 15) is 0 Å². The Morgan fingerprint density at radius 2 is 0.909 bits per heavy atom. The SMILES string of the molecule is CC(C)(C)C1CCC(C2CCC(c3nnc(C4CCC(C5CCCCC5)CC4)o3)CC2)CC1. The van der Waals surface area contributed by atoms with Crippen molar-refractivity contribution in [1.82, 2.24) is 10.2 Å². The molecule has 0 N–H and O–H groups in total. The van der Waals surface area contributed by atoms with Crippen LogP contribution in [0, 0.1) is 35.0 Å². The van der Waals surface area contributed by atoms with Crippen LogP contribution in [0.3, 0.4) is 0 Å². The van der Waals surface area contributed by atoms with E-state index in [1.165, 1.54) is 109 Å². The Kier molecular flexibility index (Phi) is 7.52. The summed E-state index contributed by atoms with van der Waals surface area (Å²) < 4.78 is 6.35. The highest BCUT2D eigenvalue weighted by Crippen LogP contribution is 2.47. The fourth-order valence-corrected chi connectivity index (χ4v) is 8.31. The lowest BCUT2D eigenvalue weighted by molar-refractivity contribution is 0.105. The van der Waals surface area contributed by atoms with Crippen molar-refractivity contribution in [2.75, 3.05) is 0 Å². The molecule has 0 aliphatic heterocycles. The van der Waals surface area contributed by atoms with Gasteiger partial charge in [0.25, 0.3) is 0 Å². The molecule has 4 fully saturated rings. The zero-order chi connectivity index (χ0) is 22.8. The van der Waals surface area contributed by atoms with Gasteiger partial charge < -0.3 is 4.42 Å². The fraction of sp³-hybridized carbons (Fsp3) is 0.933. The molecule has 1 aromatic rings. The minimum absolute atomic E-state index is 0.493. The van der Waals surface area contributed by atoms with Crippen LogP contribution >= 0.6 is 0 Å². The molecule has 0 atom stereocenters. The van der Waals surface area contributed by atoms with Crippen LogP contribution in [0.5, 0.6) is 0 Å². The van der Waals surface area contributed by atoms with Gasteiger partial charge in [-0.05, 0) is 112 Å². The smallest absolute Gasteiger partial charge is 0.219 e. The van der Waals surface area contributed by atoms with Crippen molar-refractivity contribution in [3.8, 4) is 0 Å². The highest BCUT2D eigenvalue weighted by Gasteiger charge is 2.36. The Balaban J connectivity index is 1.07. The van der Waals surface area contributed by atoms with E-state index in [-0.39, 0.29) is 0 Å². The summed E-state index contributed by atoms with van der Waals surface area (Å²) in [6, 6.07) is 0. The molecular weight excluding hydrogens is 404 g/mol. The summed E-state index contributed by atoms with van der Waals surface area (Å²) in [5.41, 5.74) is 0.493. The second-order valence-corrected chi connectivity index (χ2v) is 13.6. The predicted octanol–water partition coefficient (Wildman–Crippen LogP) is 9.05. The lowest BCUT2D eigenvalue weighted by Crippen LogP contribution is -2.30. The zero-order valence-corrected chi connectivity index (χ0v) is 21.9. The molecule has 3 heteroatoms. The molecule has 0 saturated heterocycles. The highest BCUT2D eigenvalue weighted by molar-refractivity contribution is 5.00. The van der Waals surface area contributed by atoms with Gasteiger partial charge in [0.15, 0.2) is 0 Å². The zero-order valence-electron chi connectivity index (χ0n) is 21.9. The van der Waals surface area contributed by atoms with Crippen LogP contribution in [-0.4, -0.2) is 10.2 Å². The first kappa shape index (κ1) is 23.9. The van der Waals surface area contributed by atoms with Gasteiger partial charge in [0, 0.05) is 11.8 Å². The second-order valence-electron chi connectivity index (χ2n) is 13.6. The Labute approximate surface area is 203 Å². The van der Waals surface area contributed by atoms with Gasteiger partial charge in [-0.1, -0.05) is 52.9 Å². The molecule has 0 spiro atoms. The van der Waals surface area contributed by atoms with Crippen LogP contribution in [0.4, 0.5) is 0 Å². The summed E-state index contributed by atoms with van der Waals surface area (Å²) in [4.78, 5) is 0. The molecule has 0 bridgehead atoms. The molecule has 4 aliphatic rings. The van der Waals surface area contributed by atoms with Gasteiger partial charge in [0.05, 0.1) is 0 Å². The number of rotatable bonds is 4. The molecule has 4 aliphatic carbocycles. The summed E-state index contributed by atoms with van der Waals surface area (Å²) in [5.74, 6) is 7.81. The number of hydrogen-bond donors (Lipinski definition) is 0. The van der Waals surface area contributed by atoms with E-state index < -0.39 is 0 Å². The van der Waals surface area contributed by atoms with Gasteiger partial charge in [0.2, 0.25) is 11.8 Å². The molecule has 4 saturated carbocycles. The Hall–Kier alpha value is -0.860. The van der Waals surface area contributed by atoms with Crippen molar-refractivity contribution in [3.05, 3.63) is 11.8 Å². The average Bonchev–Trinajstić information content (AvgIpc) is 3.35. The molecule has 0 radical (unpaired) electrons. The third-order valence-electron chi connectivity index (χ3n) is 10.7. The molecule has 1 aromatic heterocycles. The lowest BCUT2D eigenvalue weighted by Gasteiger charge is -2.41. The van der Waals surface area contributed by atoms with Crippen LogP contribution < -0.4 is 0 Å². The van der Waals surface area contributed by atoms with Crippen LogP contribution in [0.25, 0.3) is 0 Å². The Bertz CT molecular complexity index is 719. The van der Waals surface area contributed by atoms with Crippen LogP contribution in [0.15, 0.2) is 4.42 Å². The summed E-state index contributed by atoms with van der Waals surface area (Å²) in [7, 11) is 0. The molecule has 0 unspecified atom stereocenters. The summed E-state index contributed by atoms with van der Waals surface area (Å²) in [6.07, 6.45) is 23.8. The van der Waals surface area contributed by atoms with Crippen LogP contribution in [-0.2, 0) is 0 Å². The molecule has 3 nitrogen and oxygen atoms in total. The maximum Gasteiger partial charge on any atom is 0.219 e. The predicted molar refractivity (Wildman–Crippen MR) is 135 cm³/mol. The monoisotopic (exact) mass is 454 g/mol. The number of nitrogens with zero attached hydrogens (tertiary/aromatic N) is 2. The van der Waals surface area contributed by atoms with Crippen molar-refractivity contribution in [2.24, 2.45) is 35.0 Å². The molecular formula is C30H50N2O. The van der Waals surface area contributed by atoms with Crippen LogP contribution in [0.2, 0.25) is 0 Å². The Morgan fingerprint density at radius 3 is 1.33 bits per heavy atom. The van der Waals surface area contributed by atoms with Gasteiger partial charge in [-0.25, -0.2) is 0 Å². The first-order valence-electron chi connectivity index (χ1n) is 14.8. The van der Waals surface area contributed by atoms with E-state index in [4.69, 9.17) is 4.42 Å². The first-order chi connectivity index (χ1) is 16.0. The highest BCUT2D eigenvalue weighted by atomic mass is 16.4. The molecule has 0 amide bonds. The third kappa shape index (κ3) is 5.69. The van der Waals surface area contributed by atoms with E-state index in [1.54, 1.807) is 0 Å². The minimum Gasteiger partial charge on any atom is -0.425 e. The standard InChI is InChI=1S/C30H50N2O/c1-30(2,3)27-19-17-24(18-20-27)23-11-15-26(16-12-23)29-32-31-28(33-29)25-13-9-22(10-14-25)21-7-5-4-6-8-21/h21-27H,4-20H2,1-3H3. The molecule has 1 heterocycles. The minimum atomic E-state index is 0.493. The third-order valence-corrected chi connectivity index (χ3v) is 10.7. The van der Waals surface area contributed by atoms with Gasteiger partial charge >= 0.3 is 0 Å². The van der Waals surface area contributed by atoms with Gasteiger partial charge in [-0.2, -0.15) is 0 Å². The topological polar surface area (TPSA) is 38.9 Å². The maximum absolute atomic E-state index is 6.35. The van der Waals surface area contributed by atoms with Crippen molar-refractivity contribution in [1.29, 1.82) is 0 Å². The van der Waals surface area contributed by atoms with Gasteiger partial charge in [0.1, 0.15) is 0 Å². The quantitative estimate of drug-likeness (QED) is 0.455. The normalized spacial score (nSPS) is 37.2. The number of hydrogen-bond acceptors (Lipinski definition) is 3.